The van der Waals surface area contributed by atoms with Gasteiger partial charge in [0.05, 0.1) is 0 Å². The average molecular weight is 209 g/mol. The number of amides is 1. The molecule has 0 aromatic rings. The van der Waals surface area contributed by atoms with Crippen molar-refractivity contribution in [3.63, 3.8) is 0 Å². The molecule has 0 N–H and O–H groups in total. The lowest BCUT2D eigenvalue weighted by molar-refractivity contribution is -0.131. The zero-order valence-electron chi connectivity index (χ0n) is 10.3. The van der Waals surface area contributed by atoms with E-state index in [9.17, 15) is 4.79 Å². The predicted octanol–water partition coefficient (Wildman–Crippen LogP) is 2.82. The van der Waals surface area contributed by atoms with Crippen molar-refractivity contribution in [3.8, 4) is 0 Å². The van der Waals surface area contributed by atoms with Crippen molar-refractivity contribution in [2.45, 2.75) is 58.9 Å². The van der Waals surface area contributed by atoms with Gasteiger partial charge in [0.25, 0.3) is 0 Å². The van der Waals surface area contributed by atoms with Crippen molar-refractivity contribution in [1.82, 2.24) is 4.90 Å². The van der Waals surface area contributed by atoms with Gasteiger partial charge in [-0.3, -0.25) is 4.79 Å². The minimum atomic E-state index is 0.393. The number of likely N-dealkylation sites (tertiary alicyclic amines) is 1. The molecule has 2 fully saturated rings. The van der Waals surface area contributed by atoms with Crippen LogP contribution < -0.4 is 0 Å². The maximum Gasteiger partial charge on any atom is 0.222 e. The molecule has 1 heterocycles. The van der Waals surface area contributed by atoms with Gasteiger partial charge >= 0.3 is 0 Å². The van der Waals surface area contributed by atoms with Crippen LogP contribution in [0.2, 0.25) is 0 Å². The predicted molar refractivity (Wildman–Crippen MR) is 61.5 cm³/mol. The van der Waals surface area contributed by atoms with Gasteiger partial charge in [-0.05, 0) is 37.0 Å². The molecule has 0 radical (unpaired) electrons. The summed E-state index contributed by atoms with van der Waals surface area (Å²) in [5, 5.41) is 0. The minimum Gasteiger partial charge on any atom is -0.340 e. The van der Waals surface area contributed by atoms with Crippen LogP contribution in [0, 0.1) is 11.3 Å². The van der Waals surface area contributed by atoms with Crippen LogP contribution in [0.4, 0.5) is 0 Å². The zero-order chi connectivity index (χ0) is 11.1. The number of hydrogen-bond acceptors (Lipinski definition) is 1. The van der Waals surface area contributed by atoms with Crippen molar-refractivity contribution in [2.24, 2.45) is 11.3 Å². The Balaban J connectivity index is 2.05. The lowest BCUT2D eigenvalue weighted by Gasteiger charge is -2.42. The van der Waals surface area contributed by atoms with Crippen molar-refractivity contribution < 1.29 is 4.79 Å². The Morgan fingerprint density at radius 2 is 2.07 bits per heavy atom. The van der Waals surface area contributed by atoms with Gasteiger partial charge in [-0.25, -0.2) is 0 Å². The lowest BCUT2D eigenvalue weighted by Crippen LogP contribution is -2.43. The second-order valence-electron chi connectivity index (χ2n) is 6.26. The summed E-state index contributed by atoms with van der Waals surface area (Å²) in [5.41, 5.74) is 0.422. The Kier molecular flexibility index (Phi) is 2.78. The standard InChI is InChI=1S/C13H23NO/c1-10-7-11(9-13(2,3)8-10)14-6-4-5-12(14)15/h10-11H,4-9H2,1-3H3. The molecule has 2 atom stereocenters. The third-order valence-electron chi connectivity index (χ3n) is 3.91. The molecule has 86 valence electrons. The molecule has 15 heavy (non-hydrogen) atoms. The van der Waals surface area contributed by atoms with Gasteiger partial charge < -0.3 is 4.90 Å². The molecule has 0 bridgehead atoms. The largest absolute Gasteiger partial charge is 0.340 e. The van der Waals surface area contributed by atoms with E-state index in [2.05, 4.69) is 25.7 Å². The van der Waals surface area contributed by atoms with E-state index in [0.29, 0.717) is 17.4 Å². The van der Waals surface area contributed by atoms with E-state index in [1.54, 1.807) is 0 Å². The quantitative estimate of drug-likeness (QED) is 0.650. The molecular weight excluding hydrogens is 186 g/mol. The van der Waals surface area contributed by atoms with Gasteiger partial charge in [0.1, 0.15) is 0 Å². The normalized spacial score (nSPS) is 35.9. The van der Waals surface area contributed by atoms with Crippen LogP contribution in [0.15, 0.2) is 0 Å². The summed E-state index contributed by atoms with van der Waals surface area (Å²) in [5.74, 6) is 1.16. The molecule has 0 aromatic carbocycles. The maximum atomic E-state index is 11.7. The number of carbonyl (C=O) groups excluding carboxylic acids is 1. The van der Waals surface area contributed by atoms with E-state index in [-0.39, 0.29) is 0 Å². The molecule has 2 unspecified atom stereocenters. The first kappa shape index (κ1) is 11.0. The molecule has 1 aliphatic heterocycles. The van der Waals surface area contributed by atoms with Crippen LogP contribution in [0.1, 0.15) is 52.9 Å². The molecule has 2 rings (SSSR count). The molecule has 1 amide bonds. The first-order valence-electron chi connectivity index (χ1n) is 6.27. The van der Waals surface area contributed by atoms with Crippen LogP contribution in [0.3, 0.4) is 0 Å². The summed E-state index contributed by atoms with van der Waals surface area (Å²) >= 11 is 0. The molecule has 1 saturated heterocycles. The van der Waals surface area contributed by atoms with Gasteiger partial charge in [0.2, 0.25) is 5.91 Å². The van der Waals surface area contributed by atoms with Crippen molar-refractivity contribution in [3.05, 3.63) is 0 Å². The first-order valence-corrected chi connectivity index (χ1v) is 6.27. The number of carbonyl (C=O) groups is 1. The lowest BCUT2D eigenvalue weighted by atomic mass is 9.70. The topological polar surface area (TPSA) is 20.3 Å². The van der Waals surface area contributed by atoms with E-state index in [0.717, 1.165) is 25.3 Å². The van der Waals surface area contributed by atoms with Gasteiger partial charge in [0.15, 0.2) is 0 Å². The van der Waals surface area contributed by atoms with Crippen LogP contribution in [-0.4, -0.2) is 23.4 Å². The highest BCUT2D eigenvalue weighted by Gasteiger charge is 2.37. The molecule has 1 saturated carbocycles. The second-order valence-corrected chi connectivity index (χ2v) is 6.26. The molecule has 2 aliphatic rings. The smallest absolute Gasteiger partial charge is 0.222 e. The highest BCUT2D eigenvalue weighted by molar-refractivity contribution is 5.78. The van der Waals surface area contributed by atoms with Crippen LogP contribution in [0.25, 0.3) is 0 Å². The minimum absolute atomic E-state index is 0.393. The molecule has 0 aromatic heterocycles. The van der Waals surface area contributed by atoms with Crippen molar-refractivity contribution in [2.75, 3.05) is 6.54 Å². The molecular formula is C13H23NO. The molecule has 0 spiro atoms. The van der Waals surface area contributed by atoms with E-state index < -0.39 is 0 Å². The fourth-order valence-electron chi connectivity index (χ4n) is 3.59. The fraction of sp³-hybridized carbons (Fsp3) is 0.923. The summed E-state index contributed by atoms with van der Waals surface area (Å²) < 4.78 is 0. The Morgan fingerprint density at radius 1 is 1.33 bits per heavy atom. The highest BCUT2D eigenvalue weighted by Crippen LogP contribution is 2.41. The third-order valence-corrected chi connectivity index (χ3v) is 3.91. The molecule has 2 nitrogen and oxygen atoms in total. The first-order chi connectivity index (χ1) is 6.98. The van der Waals surface area contributed by atoms with Crippen molar-refractivity contribution >= 4 is 5.91 Å². The van der Waals surface area contributed by atoms with Crippen molar-refractivity contribution in [1.29, 1.82) is 0 Å². The van der Waals surface area contributed by atoms with Gasteiger partial charge in [-0.15, -0.1) is 0 Å². The zero-order valence-corrected chi connectivity index (χ0v) is 10.3. The summed E-state index contributed by atoms with van der Waals surface area (Å²) in [4.78, 5) is 13.9. The van der Waals surface area contributed by atoms with E-state index in [4.69, 9.17) is 0 Å². The highest BCUT2D eigenvalue weighted by atomic mass is 16.2. The SMILES string of the molecule is CC1CC(N2CCCC2=O)CC(C)(C)C1. The maximum absolute atomic E-state index is 11.7. The van der Waals surface area contributed by atoms with Crippen LogP contribution in [0.5, 0.6) is 0 Å². The van der Waals surface area contributed by atoms with Gasteiger partial charge in [0, 0.05) is 19.0 Å². The van der Waals surface area contributed by atoms with Crippen LogP contribution in [-0.2, 0) is 4.79 Å². The number of rotatable bonds is 1. The summed E-state index contributed by atoms with van der Waals surface area (Å²) in [7, 11) is 0. The second kappa shape index (κ2) is 3.80. The Hall–Kier alpha value is -0.530. The van der Waals surface area contributed by atoms with E-state index in [1.807, 2.05) is 0 Å². The average Bonchev–Trinajstić information content (AvgIpc) is 2.47. The van der Waals surface area contributed by atoms with Crippen LogP contribution >= 0.6 is 0 Å². The monoisotopic (exact) mass is 209 g/mol. The van der Waals surface area contributed by atoms with Gasteiger partial charge in [-0.2, -0.15) is 0 Å². The number of nitrogens with zero attached hydrogens (tertiary/aromatic N) is 1. The summed E-state index contributed by atoms with van der Waals surface area (Å²) in [6.07, 6.45) is 5.58. The summed E-state index contributed by atoms with van der Waals surface area (Å²) in [6, 6.07) is 0.527. The number of hydrogen-bond donors (Lipinski definition) is 0. The summed E-state index contributed by atoms with van der Waals surface area (Å²) in [6.45, 7) is 8.02. The molecule has 2 heteroatoms. The van der Waals surface area contributed by atoms with E-state index in [1.165, 1.54) is 19.3 Å². The molecule has 1 aliphatic carbocycles. The fourth-order valence-corrected chi connectivity index (χ4v) is 3.59. The third kappa shape index (κ3) is 2.35. The van der Waals surface area contributed by atoms with E-state index >= 15 is 0 Å². The van der Waals surface area contributed by atoms with Gasteiger partial charge in [-0.1, -0.05) is 20.8 Å². The Labute approximate surface area is 93.0 Å². The Bertz CT molecular complexity index is 259. The Morgan fingerprint density at radius 3 is 2.60 bits per heavy atom.